The average molecular weight is 209 g/mol. The van der Waals surface area contributed by atoms with E-state index >= 15 is 0 Å². The molecule has 1 aromatic carbocycles. The van der Waals surface area contributed by atoms with Crippen LogP contribution in [0.15, 0.2) is 18.2 Å². The van der Waals surface area contributed by atoms with E-state index in [0.29, 0.717) is 11.3 Å². The highest BCUT2D eigenvalue weighted by atomic mass is 16.5. The number of hydroxylamine groups is 1. The zero-order valence-corrected chi connectivity index (χ0v) is 9.10. The molecule has 0 spiro atoms. The van der Waals surface area contributed by atoms with E-state index in [1.807, 2.05) is 0 Å². The van der Waals surface area contributed by atoms with Crippen molar-refractivity contribution in [1.82, 2.24) is 0 Å². The highest BCUT2D eigenvalue weighted by Gasteiger charge is 2.05. The number of phenols is 1. The van der Waals surface area contributed by atoms with Crippen molar-refractivity contribution in [3.8, 4) is 11.5 Å². The Morgan fingerprint density at radius 1 is 1.47 bits per heavy atom. The summed E-state index contributed by atoms with van der Waals surface area (Å²) in [5.41, 5.74) is 0.702. The van der Waals surface area contributed by atoms with Crippen LogP contribution in [-0.2, 0) is 0 Å². The van der Waals surface area contributed by atoms with Gasteiger partial charge < -0.3 is 15.1 Å². The fourth-order valence-corrected chi connectivity index (χ4v) is 1.07. The molecule has 0 saturated heterocycles. The van der Waals surface area contributed by atoms with Gasteiger partial charge >= 0.3 is 0 Å². The maximum Gasteiger partial charge on any atom is 0.182 e. The highest BCUT2D eigenvalue weighted by molar-refractivity contribution is 5.77. The predicted octanol–water partition coefficient (Wildman–Crippen LogP) is 1.74. The number of rotatable bonds is 3. The van der Waals surface area contributed by atoms with Gasteiger partial charge in [0.25, 0.3) is 0 Å². The van der Waals surface area contributed by atoms with E-state index in [1.165, 1.54) is 19.4 Å². The van der Waals surface area contributed by atoms with Crippen molar-refractivity contribution in [3.63, 3.8) is 0 Å². The van der Waals surface area contributed by atoms with E-state index in [0.717, 1.165) is 4.74 Å². The monoisotopic (exact) mass is 209 g/mol. The SMILES string of the molecule is COc1cc(/C=[N+](\[O-])C(C)C)ccc1O. The molecule has 0 aliphatic heterocycles. The Labute approximate surface area is 89.0 Å². The third-order valence-corrected chi connectivity index (χ3v) is 1.99. The molecule has 0 fully saturated rings. The van der Waals surface area contributed by atoms with Gasteiger partial charge in [0.05, 0.1) is 7.11 Å². The Balaban J connectivity index is 3.02. The molecule has 0 bridgehead atoms. The van der Waals surface area contributed by atoms with Gasteiger partial charge in [-0.1, -0.05) is 0 Å². The Morgan fingerprint density at radius 2 is 2.13 bits per heavy atom. The summed E-state index contributed by atoms with van der Waals surface area (Å²) < 4.78 is 5.79. The molecule has 82 valence electrons. The second-order valence-electron chi connectivity index (χ2n) is 3.51. The molecule has 0 aromatic heterocycles. The Kier molecular flexibility index (Phi) is 3.55. The molecule has 0 radical (unpaired) electrons. The average Bonchev–Trinajstić information content (AvgIpc) is 2.20. The lowest BCUT2D eigenvalue weighted by atomic mass is 10.2. The Morgan fingerprint density at radius 3 is 2.67 bits per heavy atom. The number of ether oxygens (including phenoxy) is 1. The summed E-state index contributed by atoms with van der Waals surface area (Å²) in [4.78, 5) is 0. The molecule has 0 amide bonds. The van der Waals surface area contributed by atoms with Gasteiger partial charge in [-0.25, -0.2) is 4.74 Å². The summed E-state index contributed by atoms with van der Waals surface area (Å²) in [6, 6.07) is 4.66. The Bertz CT molecular complexity index is 372. The minimum absolute atomic E-state index is 0.0663. The van der Waals surface area contributed by atoms with Crippen LogP contribution in [0.4, 0.5) is 0 Å². The van der Waals surface area contributed by atoms with Gasteiger partial charge in [-0.2, -0.15) is 0 Å². The van der Waals surface area contributed by atoms with E-state index in [2.05, 4.69) is 0 Å². The molecule has 1 rings (SSSR count). The van der Waals surface area contributed by atoms with E-state index in [1.54, 1.807) is 26.0 Å². The second kappa shape index (κ2) is 4.68. The van der Waals surface area contributed by atoms with Crippen molar-refractivity contribution >= 4 is 6.21 Å². The minimum atomic E-state index is -0.107. The molecule has 1 aromatic rings. The van der Waals surface area contributed by atoms with Gasteiger partial charge in [0.1, 0.15) is 0 Å². The molecule has 0 aliphatic rings. The van der Waals surface area contributed by atoms with Gasteiger partial charge in [0.15, 0.2) is 23.8 Å². The normalized spacial score (nSPS) is 11.9. The Hall–Kier alpha value is -1.71. The van der Waals surface area contributed by atoms with Gasteiger partial charge in [-0.15, -0.1) is 0 Å². The molecule has 0 saturated carbocycles. The molecule has 0 atom stereocenters. The molecule has 0 aliphatic carbocycles. The summed E-state index contributed by atoms with van der Waals surface area (Å²) in [5, 5.41) is 20.7. The van der Waals surface area contributed by atoms with Crippen LogP contribution in [0.5, 0.6) is 11.5 Å². The highest BCUT2D eigenvalue weighted by Crippen LogP contribution is 2.25. The lowest BCUT2D eigenvalue weighted by Crippen LogP contribution is -2.14. The maximum atomic E-state index is 11.4. The zero-order valence-electron chi connectivity index (χ0n) is 9.10. The van der Waals surface area contributed by atoms with E-state index in [4.69, 9.17) is 4.74 Å². The van der Waals surface area contributed by atoms with Crippen molar-refractivity contribution in [2.75, 3.05) is 7.11 Å². The molecule has 4 nitrogen and oxygen atoms in total. The standard InChI is InChI=1S/C11H15NO3/c1-8(2)12(14)7-9-4-5-10(13)11(6-9)15-3/h4-8,13H,1-3H3/b12-7-. The van der Waals surface area contributed by atoms with Gasteiger partial charge in [0.2, 0.25) is 0 Å². The smallest absolute Gasteiger partial charge is 0.182 e. The van der Waals surface area contributed by atoms with E-state index < -0.39 is 0 Å². The second-order valence-corrected chi connectivity index (χ2v) is 3.51. The van der Waals surface area contributed by atoms with Crippen LogP contribution < -0.4 is 4.74 Å². The van der Waals surface area contributed by atoms with Crippen molar-refractivity contribution in [2.45, 2.75) is 19.9 Å². The van der Waals surface area contributed by atoms with Crippen LogP contribution in [0.25, 0.3) is 0 Å². The van der Waals surface area contributed by atoms with Crippen LogP contribution in [0.1, 0.15) is 19.4 Å². The summed E-state index contributed by atoms with van der Waals surface area (Å²) >= 11 is 0. The van der Waals surface area contributed by atoms with Gasteiger partial charge in [-0.3, -0.25) is 0 Å². The maximum absolute atomic E-state index is 11.4. The van der Waals surface area contributed by atoms with Crippen LogP contribution in [0, 0.1) is 5.21 Å². The number of aromatic hydroxyl groups is 1. The largest absolute Gasteiger partial charge is 0.624 e. The van der Waals surface area contributed by atoms with E-state index in [-0.39, 0.29) is 11.8 Å². The fourth-order valence-electron chi connectivity index (χ4n) is 1.07. The first-order valence-corrected chi connectivity index (χ1v) is 4.72. The molecule has 0 heterocycles. The minimum Gasteiger partial charge on any atom is -0.624 e. The van der Waals surface area contributed by atoms with Crippen molar-refractivity contribution < 1.29 is 14.6 Å². The fraction of sp³-hybridized carbons (Fsp3) is 0.364. The first kappa shape index (κ1) is 11.4. The van der Waals surface area contributed by atoms with Gasteiger partial charge in [-0.05, 0) is 32.0 Å². The third kappa shape index (κ3) is 2.87. The number of nitrogens with zero attached hydrogens (tertiary/aromatic N) is 1. The van der Waals surface area contributed by atoms with Crippen molar-refractivity contribution in [1.29, 1.82) is 0 Å². The quantitative estimate of drug-likeness (QED) is 0.357. The summed E-state index contributed by atoms with van der Waals surface area (Å²) in [6.45, 7) is 3.61. The number of methoxy groups -OCH3 is 1. The molecule has 15 heavy (non-hydrogen) atoms. The molecule has 4 heteroatoms. The predicted molar refractivity (Wildman–Crippen MR) is 58.6 cm³/mol. The van der Waals surface area contributed by atoms with Crippen LogP contribution in [-0.4, -0.2) is 29.2 Å². The summed E-state index contributed by atoms with van der Waals surface area (Å²) in [7, 11) is 1.47. The molecule has 0 unspecified atom stereocenters. The van der Waals surface area contributed by atoms with Gasteiger partial charge in [0, 0.05) is 5.56 Å². The first-order chi connectivity index (χ1) is 7.04. The lowest BCUT2D eigenvalue weighted by molar-refractivity contribution is -0.487. The first-order valence-electron chi connectivity index (χ1n) is 4.72. The third-order valence-electron chi connectivity index (χ3n) is 1.99. The van der Waals surface area contributed by atoms with E-state index in [9.17, 15) is 10.3 Å². The number of hydrogen-bond donors (Lipinski definition) is 1. The number of hydrogen-bond acceptors (Lipinski definition) is 3. The summed E-state index contributed by atoms with van der Waals surface area (Å²) in [6.07, 6.45) is 1.46. The molecule has 1 N–H and O–H groups in total. The zero-order chi connectivity index (χ0) is 11.4. The van der Waals surface area contributed by atoms with Crippen molar-refractivity contribution in [2.24, 2.45) is 0 Å². The van der Waals surface area contributed by atoms with Crippen molar-refractivity contribution in [3.05, 3.63) is 29.0 Å². The van der Waals surface area contributed by atoms with Crippen LogP contribution >= 0.6 is 0 Å². The topological polar surface area (TPSA) is 55.5 Å². The summed E-state index contributed by atoms with van der Waals surface area (Å²) in [5.74, 6) is 0.428. The van der Waals surface area contributed by atoms with Crippen LogP contribution in [0.2, 0.25) is 0 Å². The molecular weight excluding hydrogens is 194 g/mol. The number of benzene rings is 1. The molecular formula is C11H15NO3. The van der Waals surface area contributed by atoms with Crippen LogP contribution in [0.3, 0.4) is 0 Å². The lowest BCUT2D eigenvalue weighted by Gasteiger charge is -2.08. The number of phenolic OH excluding ortho intramolecular Hbond substituents is 1.